The van der Waals surface area contributed by atoms with Crippen molar-refractivity contribution < 1.29 is 9.15 Å². The molecule has 5 heteroatoms. The van der Waals surface area contributed by atoms with Gasteiger partial charge in [0.1, 0.15) is 11.1 Å². The molecule has 0 saturated heterocycles. The van der Waals surface area contributed by atoms with Crippen LogP contribution in [0.25, 0.3) is 11.5 Å². The number of hydrogen-bond donors (Lipinski definition) is 0. The van der Waals surface area contributed by atoms with Crippen molar-refractivity contribution in [2.75, 3.05) is 7.11 Å². The third-order valence-electron chi connectivity index (χ3n) is 3.09. The van der Waals surface area contributed by atoms with Crippen molar-refractivity contribution in [1.29, 1.82) is 0 Å². The first kappa shape index (κ1) is 13.6. The van der Waals surface area contributed by atoms with Crippen LogP contribution in [0.4, 0.5) is 0 Å². The topological polar surface area (TPSA) is 48.2 Å². The highest BCUT2D eigenvalue weighted by Gasteiger charge is 2.19. The second kappa shape index (κ2) is 5.97. The SMILES string of the molecule is COc1ccccc1-c1nnc(C(Cl)c2ccccc2)o1. The zero-order chi connectivity index (χ0) is 14.7. The molecule has 3 rings (SSSR count). The average Bonchev–Trinajstić information content (AvgIpc) is 3.04. The monoisotopic (exact) mass is 300 g/mol. The number of alkyl halides is 1. The highest BCUT2D eigenvalue weighted by Crippen LogP contribution is 2.32. The second-order valence-corrected chi connectivity index (χ2v) is 4.86. The number of benzene rings is 2. The van der Waals surface area contributed by atoms with Gasteiger partial charge in [0.05, 0.1) is 12.7 Å². The van der Waals surface area contributed by atoms with Crippen molar-refractivity contribution in [3.8, 4) is 17.2 Å². The number of aromatic nitrogens is 2. The van der Waals surface area contributed by atoms with E-state index in [1.807, 2.05) is 54.6 Å². The highest BCUT2D eigenvalue weighted by molar-refractivity contribution is 6.22. The fraction of sp³-hybridized carbons (Fsp3) is 0.125. The minimum absolute atomic E-state index is 0.365. The maximum absolute atomic E-state index is 6.38. The number of halogens is 1. The normalized spacial score (nSPS) is 12.1. The standard InChI is InChI=1S/C16H13ClN2O2/c1-20-13-10-6-5-9-12(13)15-18-19-16(21-15)14(17)11-7-3-2-4-8-11/h2-10,14H,1H3. The maximum atomic E-state index is 6.38. The Morgan fingerprint density at radius 1 is 1.00 bits per heavy atom. The van der Waals surface area contributed by atoms with Crippen molar-refractivity contribution in [2.24, 2.45) is 0 Å². The Bertz CT molecular complexity index is 728. The van der Waals surface area contributed by atoms with Crippen LogP contribution in [0, 0.1) is 0 Å². The number of methoxy groups -OCH3 is 1. The molecular weight excluding hydrogens is 288 g/mol. The highest BCUT2D eigenvalue weighted by atomic mass is 35.5. The van der Waals surface area contributed by atoms with E-state index in [2.05, 4.69) is 10.2 Å². The van der Waals surface area contributed by atoms with Gasteiger partial charge in [0.2, 0.25) is 5.89 Å². The van der Waals surface area contributed by atoms with Crippen molar-refractivity contribution in [3.63, 3.8) is 0 Å². The summed E-state index contributed by atoms with van der Waals surface area (Å²) < 4.78 is 11.0. The molecule has 4 nitrogen and oxygen atoms in total. The van der Waals surface area contributed by atoms with E-state index >= 15 is 0 Å². The van der Waals surface area contributed by atoms with Crippen LogP contribution < -0.4 is 4.74 Å². The average molecular weight is 301 g/mol. The van der Waals surface area contributed by atoms with Gasteiger partial charge in [0.15, 0.2) is 0 Å². The molecule has 0 aliphatic rings. The molecule has 0 fully saturated rings. The first-order valence-electron chi connectivity index (χ1n) is 6.45. The molecule has 106 valence electrons. The van der Waals surface area contributed by atoms with Gasteiger partial charge < -0.3 is 9.15 Å². The summed E-state index contributed by atoms with van der Waals surface area (Å²) in [4.78, 5) is 0. The molecule has 0 bridgehead atoms. The number of para-hydroxylation sites is 1. The largest absolute Gasteiger partial charge is 0.496 e. The van der Waals surface area contributed by atoms with Crippen LogP contribution in [0.1, 0.15) is 16.8 Å². The van der Waals surface area contributed by atoms with Gasteiger partial charge >= 0.3 is 0 Å². The fourth-order valence-electron chi connectivity index (χ4n) is 2.03. The quantitative estimate of drug-likeness (QED) is 0.681. The lowest BCUT2D eigenvalue weighted by atomic mass is 10.1. The molecule has 2 aromatic carbocycles. The smallest absolute Gasteiger partial charge is 0.251 e. The van der Waals surface area contributed by atoms with Crippen molar-refractivity contribution in [3.05, 3.63) is 66.1 Å². The van der Waals surface area contributed by atoms with E-state index in [0.29, 0.717) is 17.5 Å². The molecule has 0 N–H and O–H groups in total. The van der Waals surface area contributed by atoms with Crippen molar-refractivity contribution in [1.82, 2.24) is 10.2 Å². The summed E-state index contributed by atoms with van der Waals surface area (Å²) in [5.41, 5.74) is 1.66. The molecule has 1 atom stereocenters. The van der Waals surface area contributed by atoms with Crippen LogP contribution in [0.2, 0.25) is 0 Å². The minimum Gasteiger partial charge on any atom is -0.496 e. The lowest BCUT2D eigenvalue weighted by molar-refractivity contribution is 0.413. The molecule has 0 aliphatic heterocycles. The van der Waals surface area contributed by atoms with Crippen LogP contribution in [-0.2, 0) is 0 Å². The van der Waals surface area contributed by atoms with Gasteiger partial charge in [0, 0.05) is 0 Å². The number of nitrogens with zero attached hydrogens (tertiary/aromatic N) is 2. The van der Waals surface area contributed by atoms with Gasteiger partial charge in [-0.15, -0.1) is 21.8 Å². The summed E-state index contributed by atoms with van der Waals surface area (Å²) in [6.45, 7) is 0. The van der Waals surface area contributed by atoms with Crippen molar-refractivity contribution >= 4 is 11.6 Å². The molecule has 0 radical (unpaired) electrons. The third-order valence-corrected chi connectivity index (χ3v) is 3.53. The summed E-state index contributed by atoms with van der Waals surface area (Å²) in [6.07, 6.45) is 0. The summed E-state index contributed by atoms with van der Waals surface area (Å²) in [5, 5.41) is 7.63. The fourth-order valence-corrected chi connectivity index (χ4v) is 2.27. The van der Waals surface area contributed by atoms with E-state index in [0.717, 1.165) is 11.1 Å². The predicted octanol–water partition coefficient (Wildman–Crippen LogP) is 4.07. The first-order chi connectivity index (χ1) is 10.3. The molecular formula is C16H13ClN2O2. The first-order valence-corrected chi connectivity index (χ1v) is 6.89. The lowest BCUT2D eigenvalue weighted by Gasteiger charge is -2.05. The Morgan fingerprint density at radius 2 is 1.71 bits per heavy atom. The molecule has 0 saturated carbocycles. The van der Waals surface area contributed by atoms with Crippen LogP contribution in [0.5, 0.6) is 5.75 Å². The zero-order valence-corrected chi connectivity index (χ0v) is 12.1. The Kier molecular flexibility index (Phi) is 3.88. The Morgan fingerprint density at radius 3 is 2.48 bits per heavy atom. The molecule has 1 heterocycles. The van der Waals surface area contributed by atoms with Crippen molar-refractivity contribution in [2.45, 2.75) is 5.38 Å². The Labute approximate surface area is 127 Å². The Hall–Kier alpha value is -2.33. The van der Waals surface area contributed by atoms with Crippen LogP contribution in [0.3, 0.4) is 0 Å². The molecule has 0 aliphatic carbocycles. The summed E-state index contributed by atoms with van der Waals surface area (Å²) in [6, 6.07) is 17.1. The predicted molar refractivity (Wildman–Crippen MR) is 80.4 cm³/mol. The molecule has 0 amide bonds. The van der Waals surface area contributed by atoms with Crippen LogP contribution >= 0.6 is 11.6 Å². The molecule has 1 unspecified atom stereocenters. The summed E-state index contributed by atoms with van der Waals surface area (Å²) >= 11 is 6.38. The second-order valence-electron chi connectivity index (χ2n) is 4.42. The van der Waals surface area contributed by atoms with E-state index < -0.39 is 5.38 Å². The van der Waals surface area contributed by atoms with Crippen LogP contribution in [-0.4, -0.2) is 17.3 Å². The van der Waals surface area contributed by atoms with Gasteiger partial charge in [0.25, 0.3) is 5.89 Å². The van der Waals surface area contributed by atoms with E-state index in [1.165, 1.54) is 0 Å². The van der Waals surface area contributed by atoms with E-state index in [-0.39, 0.29) is 0 Å². The van der Waals surface area contributed by atoms with E-state index in [1.54, 1.807) is 7.11 Å². The number of rotatable bonds is 4. The van der Waals surface area contributed by atoms with Gasteiger partial charge in [-0.2, -0.15) is 0 Å². The molecule has 1 aromatic heterocycles. The summed E-state index contributed by atoms with van der Waals surface area (Å²) in [7, 11) is 1.60. The van der Waals surface area contributed by atoms with Gasteiger partial charge in [-0.3, -0.25) is 0 Å². The van der Waals surface area contributed by atoms with E-state index in [4.69, 9.17) is 20.8 Å². The van der Waals surface area contributed by atoms with Crippen LogP contribution in [0.15, 0.2) is 59.0 Å². The van der Waals surface area contributed by atoms with Gasteiger partial charge in [-0.05, 0) is 17.7 Å². The zero-order valence-electron chi connectivity index (χ0n) is 11.4. The molecule has 21 heavy (non-hydrogen) atoms. The number of hydrogen-bond acceptors (Lipinski definition) is 4. The van der Waals surface area contributed by atoms with Gasteiger partial charge in [-0.25, -0.2) is 0 Å². The third kappa shape index (κ3) is 2.76. The maximum Gasteiger partial charge on any atom is 0.251 e. The number of ether oxygens (including phenoxy) is 1. The summed E-state index contributed by atoms with van der Waals surface area (Å²) in [5.74, 6) is 1.44. The lowest BCUT2D eigenvalue weighted by Crippen LogP contribution is -1.92. The molecule has 0 spiro atoms. The Balaban J connectivity index is 1.93. The van der Waals surface area contributed by atoms with E-state index in [9.17, 15) is 0 Å². The van der Waals surface area contributed by atoms with Gasteiger partial charge in [-0.1, -0.05) is 42.5 Å². The molecule has 3 aromatic rings. The minimum atomic E-state index is -0.470.